The Balaban J connectivity index is 2.94. The van der Waals surface area contributed by atoms with E-state index in [4.69, 9.17) is 28.9 Å². The molecule has 0 bridgehead atoms. The van der Waals surface area contributed by atoms with E-state index < -0.39 is 0 Å². The molecular formula is C13H19Cl2N. The summed E-state index contributed by atoms with van der Waals surface area (Å²) in [5, 5.41) is 1.40. The fourth-order valence-corrected chi connectivity index (χ4v) is 2.67. The highest BCUT2D eigenvalue weighted by Gasteiger charge is 2.19. The molecule has 0 heterocycles. The minimum Gasteiger partial charge on any atom is -0.330 e. The zero-order chi connectivity index (χ0) is 12.1. The van der Waals surface area contributed by atoms with Gasteiger partial charge in [0.1, 0.15) is 0 Å². The lowest BCUT2D eigenvalue weighted by Crippen LogP contribution is -2.20. The van der Waals surface area contributed by atoms with Crippen molar-refractivity contribution in [3.63, 3.8) is 0 Å². The molecule has 0 aliphatic rings. The van der Waals surface area contributed by atoms with Crippen molar-refractivity contribution in [3.05, 3.63) is 33.8 Å². The van der Waals surface area contributed by atoms with Gasteiger partial charge in [0.05, 0.1) is 0 Å². The van der Waals surface area contributed by atoms with Gasteiger partial charge in [0.15, 0.2) is 0 Å². The van der Waals surface area contributed by atoms with Crippen molar-refractivity contribution in [1.29, 1.82) is 0 Å². The summed E-state index contributed by atoms with van der Waals surface area (Å²) in [6.45, 7) is 5.04. The summed E-state index contributed by atoms with van der Waals surface area (Å²) in [4.78, 5) is 0. The van der Waals surface area contributed by atoms with E-state index >= 15 is 0 Å². The molecule has 0 radical (unpaired) electrons. The number of benzene rings is 1. The number of hydrogen-bond donors (Lipinski definition) is 1. The predicted molar refractivity (Wildman–Crippen MR) is 72.3 cm³/mol. The molecule has 0 saturated carbocycles. The van der Waals surface area contributed by atoms with E-state index in [2.05, 4.69) is 13.8 Å². The van der Waals surface area contributed by atoms with Crippen LogP contribution in [0.5, 0.6) is 0 Å². The third-order valence-corrected chi connectivity index (χ3v) is 3.61. The topological polar surface area (TPSA) is 26.0 Å². The van der Waals surface area contributed by atoms with Crippen molar-refractivity contribution in [2.45, 2.75) is 32.6 Å². The van der Waals surface area contributed by atoms with Gasteiger partial charge in [-0.15, -0.1) is 0 Å². The maximum Gasteiger partial charge on any atom is 0.0456 e. The van der Waals surface area contributed by atoms with Crippen LogP contribution in [0.15, 0.2) is 18.2 Å². The molecule has 1 aromatic carbocycles. The Hall–Kier alpha value is -0.240. The smallest absolute Gasteiger partial charge is 0.0456 e. The van der Waals surface area contributed by atoms with Crippen molar-refractivity contribution in [2.75, 3.05) is 6.54 Å². The van der Waals surface area contributed by atoms with Crippen LogP contribution < -0.4 is 5.73 Å². The number of halogens is 2. The van der Waals surface area contributed by atoms with E-state index in [1.807, 2.05) is 12.1 Å². The quantitative estimate of drug-likeness (QED) is 0.830. The molecule has 1 aromatic rings. The highest BCUT2D eigenvalue weighted by molar-refractivity contribution is 6.35. The summed E-state index contributed by atoms with van der Waals surface area (Å²) >= 11 is 12.1. The fraction of sp³-hybridized carbons (Fsp3) is 0.538. The first-order valence-electron chi connectivity index (χ1n) is 5.75. The van der Waals surface area contributed by atoms with Gasteiger partial charge in [0.2, 0.25) is 0 Å². The van der Waals surface area contributed by atoms with Crippen LogP contribution in [0.3, 0.4) is 0 Å². The maximum atomic E-state index is 6.21. The van der Waals surface area contributed by atoms with E-state index in [1.54, 1.807) is 6.07 Å². The predicted octanol–water partition coefficient (Wildman–Crippen LogP) is 4.47. The highest BCUT2D eigenvalue weighted by Crippen LogP contribution is 2.33. The van der Waals surface area contributed by atoms with Crippen LogP contribution in [0, 0.1) is 5.92 Å². The molecule has 0 aliphatic carbocycles. The summed E-state index contributed by atoms with van der Waals surface area (Å²) in [7, 11) is 0. The minimum absolute atomic E-state index is 0.324. The zero-order valence-corrected chi connectivity index (χ0v) is 11.4. The van der Waals surface area contributed by atoms with Gasteiger partial charge in [0.25, 0.3) is 0 Å². The van der Waals surface area contributed by atoms with Crippen molar-refractivity contribution >= 4 is 23.2 Å². The third kappa shape index (κ3) is 3.38. The second kappa shape index (κ2) is 6.48. The van der Waals surface area contributed by atoms with E-state index in [0.29, 0.717) is 23.4 Å². The normalized spacial score (nSPS) is 14.8. The second-order valence-corrected chi connectivity index (χ2v) is 5.12. The Morgan fingerprint density at radius 3 is 2.50 bits per heavy atom. The summed E-state index contributed by atoms with van der Waals surface area (Å²) in [5.74, 6) is 0.874. The van der Waals surface area contributed by atoms with Crippen LogP contribution in [-0.2, 0) is 0 Å². The van der Waals surface area contributed by atoms with Crippen molar-refractivity contribution in [3.8, 4) is 0 Å². The Morgan fingerprint density at radius 1 is 1.31 bits per heavy atom. The fourth-order valence-electron chi connectivity index (χ4n) is 2.12. The molecule has 2 atom stereocenters. The highest BCUT2D eigenvalue weighted by atomic mass is 35.5. The van der Waals surface area contributed by atoms with E-state index in [0.717, 1.165) is 10.6 Å². The van der Waals surface area contributed by atoms with Gasteiger partial charge >= 0.3 is 0 Å². The first-order valence-corrected chi connectivity index (χ1v) is 6.50. The molecule has 0 spiro atoms. The molecule has 1 rings (SSSR count). The molecule has 2 N–H and O–H groups in total. The Kier molecular flexibility index (Phi) is 5.60. The first-order chi connectivity index (χ1) is 7.60. The minimum atomic E-state index is 0.324. The van der Waals surface area contributed by atoms with Crippen molar-refractivity contribution in [2.24, 2.45) is 11.7 Å². The van der Waals surface area contributed by atoms with E-state index in [-0.39, 0.29) is 0 Å². The zero-order valence-electron chi connectivity index (χ0n) is 9.84. The molecule has 0 saturated heterocycles. The summed E-state index contributed by atoms with van der Waals surface area (Å²) < 4.78 is 0. The third-order valence-electron chi connectivity index (χ3n) is 3.05. The average molecular weight is 260 g/mol. The maximum absolute atomic E-state index is 6.21. The monoisotopic (exact) mass is 259 g/mol. The molecule has 0 amide bonds. The van der Waals surface area contributed by atoms with Gasteiger partial charge in [-0.1, -0.05) is 56.0 Å². The van der Waals surface area contributed by atoms with Gasteiger partial charge in [0, 0.05) is 16.0 Å². The van der Waals surface area contributed by atoms with Crippen LogP contribution in [0.4, 0.5) is 0 Å². The standard InChI is InChI=1S/C13H19Cl2N/c1-3-4-9(2)12(8-16)11-6-5-10(14)7-13(11)15/h5-7,9,12H,3-4,8,16H2,1-2H3. The summed E-state index contributed by atoms with van der Waals surface area (Å²) in [6, 6.07) is 5.66. The molecule has 90 valence electrons. The molecule has 0 fully saturated rings. The lowest BCUT2D eigenvalue weighted by molar-refractivity contribution is 0.430. The lowest BCUT2D eigenvalue weighted by atomic mass is 9.84. The van der Waals surface area contributed by atoms with Gasteiger partial charge < -0.3 is 5.73 Å². The molecule has 16 heavy (non-hydrogen) atoms. The van der Waals surface area contributed by atoms with Crippen LogP contribution in [-0.4, -0.2) is 6.54 Å². The number of nitrogens with two attached hydrogens (primary N) is 1. The van der Waals surface area contributed by atoms with Crippen LogP contribution in [0.25, 0.3) is 0 Å². The SMILES string of the molecule is CCCC(C)C(CN)c1ccc(Cl)cc1Cl. The van der Waals surface area contributed by atoms with E-state index in [1.165, 1.54) is 12.8 Å². The van der Waals surface area contributed by atoms with Crippen LogP contribution in [0.2, 0.25) is 10.0 Å². The average Bonchev–Trinajstić information content (AvgIpc) is 2.22. The van der Waals surface area contributed by atoms with E-state index in [9.17, 15) is 0 Å². The number of hydrogen-bond acceptors (Lipinski definition) is 1. The Labute approximate surface area is 108 Å². The molecule has 0 aromatic heterocycles. The molecule has 2 unspecified atom stereocenters. The van der Waals surface area contributed by atoms with Crippen molar-refractivity contribution < 1.29 is 0 Å². The van der Waals surface area contributed by atoms with Crippen LogP contribution >= 0.6 is 23.2 Å². The van der Waals surface area contributed by atoms with Crippen molar-refractivity contribution in [1.82, 2.24) is 0 Å². The van der Waals surface area contributed by atoms with Crippen LogP contribution in [0.1, 0.15) is 38.2 Å². The summed E-state index contributed by atoms with van der Waals surface area (Å²) in [6.07, 6.45) is 2.34. The molecular weight excluding hydrogens is 241 g/mol. The first kappa shape index (κ1) is 13.8. The molecule has 1 nitrogen and oxygen atoms in total. The molecule has 3 heteroatoms. The lowest BCUT2D eigenvalue weighted by Gasteiger charge is -2.23. The second-order valence-electron chi connectivity index (χ2n) is 4.27. The molecule has 0 aliphatic heterocycles. The van der Waals surface area contributed by atoms with Gasteiger partial charge in [-0.25, -0.2) is 0 Å². The Bertz CT molecular complexity index is 339. The Morgan fingerprint density at radius 2 is 2.00 bits per heavy atom. The van der Waals surface area contributed by atoms with Gasteiger partial charge in [-0.2, -0.15) is 0 Å². The summed E-state index contributed by atoms with van der Waals surface area (Å²) in [5.41, 5.74) is 6.97. The van der Waals surface area contributed by atoms with Gasteiger partial charge in [-0.05, 0) is 30.2 Å². The largest absolute Gasteiger partial charge is 0.330 e. The number of rotatable bonds is 5. The van der Waals surface area contributed by atoms with Gasteiger partial charge in [-0.3, -0.25) is 0 Å².